The van der Waals surface area contributed by atoms with Gasteiger partial charge in [-0.2, -0.15) is 0 Å². The number of rotatable bonds is 2. The molecular formula is C13H11ClFNOS. The lowest BCUT2D eigenvalue weighted by Crippen LogP contribution is -2.11. The molecule has 0 spiro atoms. The SMILES string of the molecule is Cc1csc(C(=O)Nc2cc(C)c(Cl)cc2F)c1. The average Bonchev–Trinajstić information content (AvgIpc) is 2.73. The molecule has 2 nitrogen and oxygen atoms in total. The van der Waals surface area contributed by atoms with Crippen LogP contribution in [0.15, 0.2) is 23.6 Å². The highest BCUT2D eigenvalue weighted by Crippen LogP contribution is 2.24. The van der Waals surface area contributed by atoms with Crippen molar-refractivity contribution in [2.75, 3.05) is 5.32 Å². The number of carbonyl (C=O) groups excluding carboxylic acids is 1. The minimum Gasteiger partial charge on any atom is -0.319 e. The zero-order chi connectivity index (χ0) is 13.3. The molecule has 1 amide bonds. The molecule has 0 unspecified atom stereocenters. The number of hydrogen-bond donors (Lipinski definition) is 1. The van der Waals surface area contributed by atoms with Crippen molar-refractivity contribution in [3.05, 3.63) is 50.4 Å². The summed E-state index contributed by atoms with van der Waals surface area (Å²) in [5, 5.41) is 4.76. The number of hydrogen-bond acceptors (Lipinski definition) is 2. The van der Waals surface area contributed by atoms with E-state index in [4.69, 9.17) is 11.6 Å². The molecule has 94 valence electrons. The summed E-state index contributed by atoms with van der Waals surface area (Å²) in [5.41, 5.74) is 1.88. The van der Waals surface area contributed by atoms with Crippen molar-refractivity contribution >= 4 is 34.5 Å². The van der Waals surface area contributed by atoms with Gasteiger partial charge in [0.05, 0.1) is 10.6 Å². The van der Waals surface area contributed by atoms with Gasteiger partial charge in [-0.25, -0.2) is 4.39 Å². The Labute approximate surface area is 113 Å². The third-order valence-electron chi connectivity index (χ3n) is 2.45. The van der Waals surface area contributed by atoms with Crippen LogP contribution in [-0.4, -0.2) is 5.91 Å². The molecule has 0 radical (unpaired) electrons. The standard InChI is InChI=1S/C13H11ClFNOS/c1-7-3-12(18-6-7)13(17)16-11-4-8(2)9(14)5-10(11)15/h3-6H,1-2H3,(H,16,17). The smallest absolute Gasteiger partial charge is 0.265 e. The van der Waals surface area contributed by atoms with Gasteiger partial charge in [-0.1, -0.05) is 11.6 Å². The summed E-state index contributed by atoms with van der Waals surface area (Å²) in [6, 6.07) is 4.49. The maximum absolute atomic E-state index is 13.6. The molecule has 1 heterocycles. The fourth-order valence-electron chi connectivity index (χ4n) is 1.49. The average molecular weight is 284 g/mol. The molecule has 1 aromatic carbocycles. The van der Waals surface area contributed by atoms with Gasteiger partial charge in [0.2, 0.25) is 0 Å². The molecule has 0 saturated carbocycles. The largest absolute Gasteiger partial charge is 0.319 e. The zero-order valence-electron chi connectivity index (χ0n) is 9.88. The van der Waals surface area contributed by atoms with Crippen LogP contribution in [0.4, 0.5) is 10.1 Å². The van der Waals surface area contributed by atoms with Gasteiger partial charge in [0.25, 0.3) is 5.91 Å². The molecule has 0 bridgehead atoms. The lowest BCUT2D eigenvalue weighted by molar-refractivity contribution is 0.103. The Bertz CT molecular complexity index is 609. The highest BCUT2D eigenvalue weighted by Gasteiger charge is 2.12. The lowest BCUT2D eigenvalue weighted by atomic mass is 10.2. The number of halogens is 2. The second-order valence-electron chi connectivity index (χ2n) is 4.02. The third kappa shape index (κ3) is 2.71. The Morgan fingerprint density at radius 3 is 2.67 bits per heavy atom. The normalized spacial score (nSPS) is 10.4. The van der Waals surface area contributed by atoms with Gasteiger partial charge < -0.3 is 5.32 Å². The minimum absolute atomic E-state index is 0.146. The van der Waals surface area contributed by atoms with Gasteiger partial charge in [-0.05, 0) is 48.6 Å². The second-order valence-corrected chi connectivity index (χ2v) is 5.34. The number of thiophene rings is 1. The van der Waals surface area contributed by atoms with Crippen molar-refractivity contribution in [1.82, 2.24) is 0 Å². The number of aryl methyl sites for hydroxylation is 2. The van der Waals surface area contributed by atoms with E-state index in [9.17, 15) is 9.18 Å². The second kappa shape index (κ2) is 5.08. The van der Waals surface area contributed by atoms with E-state index in [1.807, 2.05) is 12.3 Å². The Morgan fingerprint density at radius 1 is 1.33 bits per heavy atom. The first-order valence-corrected chi connectivity index (χ1v) is 6.55. The molecule has 0 aliphatic rings. The van der Waals surface area contributed by atoms with Crippen LogP contribution in [0, 0.1) is 19.7 Å². The van der Waals surface area contributed by atoms with E-state index in [0.717, 1.165) is 11.1 Å². The van der Waals surface area contributed by atoms with Crippen molar-refractivity contribution in [1.29, 1.82) is 0 Å². The number of anilines is 1. The summed E-state index contributed by atoms with van der Waals surface area (Å²) < 4.78 is 13.6. The van der Waals surface area contributed by atoms with Gasteiger partial charge in [-0.3, -0.25) is 4.79 Å². The topological polar surface area (TPSA) is 29.1 Å². The predicted molar refractivity (Wildman–Crippen MR) is 73.2 cm³/mol. The van der Waals surface area contributed by atoms with E-state index in [1.54, 1.807) is 13.0 Å². The monoisotopic (exact) mass is 283 g/mol. The van der Waals surface area contributed by atoms with Gasteiger partial charge in [0.15, 0.2) is 0 Å². The maximum atomic E-state index is 13.6. The van der Waals surface area contributed by atoms with Crippen LogP contribution in [0.1, 0.15) is 20.8 Å². The molecule has 18 heavy (non-hydrogen) atoms. The van der Waals surface area contributed by atoms with Crippen LogP contribution in [0.2, 0.25) is 5.02 Å². The van der Waals surface area contributed by atoms with Crippen molar-refractivity contribution < 1.29 is 9.18 Å². The van der Waals surface area contributed by atoms with Gasteiger partial charge in [0, 0.05) is 5.02 Å². The van der Waals surface area contributed by atoms with Gasteiger partial charge in [-0.15, -0.1) is 11.3 Å². The molecule has 2 aromatic rings. The van der Waals surface area contributed by atoms with Crippen molar-refractivity contribution in [2.24, 2.45) is 0 Å². The van der Waals surface area contributed by atoms with Crippen molar-refractivity contribution in [2.45, 2.75) is 13.8 Å². The first kappa shape index (κ1) is 13.1. The van der Waals surface area contributed by atoms with E-state index < -0.39 is 5.82 Å². The Hall–Kier alpha value is -1.39. The van der Waals surface area contributed by atoms with E-state index in [0.29, 0.717) is 9.90 Å². The molecule has 5 heteroatoms. The van der Waals surface area contributed by atoms with E-state index in [1.165, 1.54) is 23.5 Å². The van der Waals surface area contributed by atoms with Crippen LogP contribution in [0.3, 0.4) is 0 Å². The Balaban J connectivity index is 2.24. The molecule has 0 atom stereocenters. The molecule has 1 N–H and O–H groups in total. The van der Waals surface area contributed by atoms with Crippen molar-refractivity contribution in [3.63, 3.8) is 0 Å². The van der Waals surface area contributed by atoms with Crippen molar-refractivity contribution in [3.8, 4) is 0 Å². The zero-order valence-corrected chi connectivity index (χ0v) is 11.5. The minimum atomic E-state index is -0.535. The molecule has 0 saturated heterocycles. The van der Waals surface area contributed by atoms with E-state index >= 15 is 0 Å². The van der Waals surface area contributed by atoms with Crippen LogP contribution in [0.5, 0.6) is 0 Å². The molecular weight excluding hydrogens is 273 g/mol. The van der Waals surface area contributed by atoms with Crippen LogP contribution < -0.4 is 5.32 Å². The molecule has 0 aliphatic heterocycles. The summed E-state index contributed by atoms with van der Waals surface area (Å²) in [5.74, 6) is -0.846. The highest BCUT2D eigenvalue weighted by atomic mass is 35.5. The number of carbonyl (C=O) groups is 1. The first-order valence-electron chi connectivity index (χ1n) is 5.29. The highest BCUT2D eigenvalue weighted by molar-refractivity contribution is 7.12. The maximum Gasteiger partial charge on any atom is 0.265 e. The van der Waals surface area contributed by atoms with Gasteiger partial charge in [0.1, 0.15) is 5.82 Å². The number of amides is 1. The molecule has 0 fully saturated rings. The third-order valence-corrected chi connectivity index (χ3v) is 3.90. The molecule has 1 aromatic heterocycles. The summed E-state index contributed by atoms with van der Waals surface area (Å²) >= 11 is 7.12. The number of nitrogens with one attached hydrogen (secondary N) is 1. The number of benzene rings is 1. The predicted octanol–water partition coefficient (Wildman–Crippen LogP) is 4.41. The summed E-state index contributed by atoms with van der Waals surface area (Å²) in [6.45, 7) is 3.66. The van der Waals surface area contributed by atoms with Crippen LogP contribution in [-0.2, 0) is 0 Å². The lowest BCUT2D eigenvalue weighted by Gasteiger charge is -2.07. The first-order chi connectivity index (χ1) is 8.47. The fourth-order valence-corrected chi connectivity index (χ4v) is 2.43. The van der Waals surface area contributed by atoms with Crippen LogP contribution in [0.25, 0.3) is 0 Å². The molecule has 0 aliphatic carbocycles. The Kier molecular flexibility index (Phi) is 3.68. The van der Waals surface area contributed by atoms with E-state index in [2.05, 4.69) is 5.32 Å². The summed E-state index contributed by atoms with van der Waals surface area (Å²) in [6.07, 6.45) is 0. The fraction of sp³-hybridized carbons (Fsp3) is 0.154. The van der Waals surface area contributed by atoms with Crippen LogP contribution >= 0.6 is 22.9 Å². The van der Waals surface area contributed by atoms with Gasteiger partial charge >= 0.3 is 0 Å². The summed E-state index contributed by atoms with van der Waals surface area (Å²) in [4.78, 5) is 12.4. The Morgan fingerprint density at radius 2 is 2.06 bits per heavy atom. The summed E-state index contributed by atoms with van der Waals surface area (Å²) in [7, 11) is 0. The van der Waals surface area contributed by atoms with E-state index in [-0.39, 0.29) is 11.6 Å². The quantitative estimate of drug-likeness (QED) is 0.869. The molecule has 2 rings (SSSR count).